The lowest BCUT2D eigenvalue weighted by molar-refractivity contribution is 0.0806. The lowest BCUT2D eigenvalue weighted by Crippen LogP contribution is -2.08. The first-order valence-electron chi connectivity index (χ1n) is 5.59. The monoisotopic (exact) mass is 224 g/mol. The van der Waals surface area contributed by atoms with Gasteiger partial charge in [-0.1, -0.05) is 12.1 Å². The molecule has 0 aliphatic carbocycles. The van der Waals surface area contributed by atoms with Crippen LogP contribution in [0.1, 0.15) is 12.0 Å². The molecule has 0 aromatic heterocycles. The first kappa shape index (κ1) is 13.0. The maximum atomic E-state index is 5.54. The second-order valence-electron chi connectivity index (χ2n) is 3.62. The van der Waals surface area contributed by atoms with E-state index in [1.165, 1.54) is 5.56 Å². The Morgan fingerprint density at radius 1 is 1.06 bits per heavy atom. The Balaban J connectivity index is 2.03. The molecule has 0 unspecified atom stereocenters. The van der Waals surface area contributed by atoms with Crippen molar-refractivity contribution in [2.45, 2.75) is 13.3 Å². The topological polar surface area (TPSA) is 27.7 Å². The normalized spacial score (nSPS) is 10.4. The Morgan fingerprint density at radius 3 is 2.69 bits per heavy atom. The molecule has 0 saturated heterocycles. The van der Waals surface area contributed by atoms with Crippen LogP contribution in [0.15, 0.2) is 24.3 Å². The van der Waals surface area contributed by atoms with E-state index in [0.717, 1.165) is 25.4 Å². The maximum Gasteiger partial charge on any atom is 0.119 e. The second-order valence-corrected chi connectivity index (χ2v) is 3.62. The van der Waals surface area contributed by atoms with Gasteiger partial charge in [0, 0.05) is 20.3 Å². The van der Waals surface area contributed by atoms with Gasteiger partial charge < -0.3 is 14.2 Å². The summed E-state index contributed by atoms with van der Waals surface area (Å²) < 4.78 is 15.8. The number of ether oxygens (including phenoxy) is 3. The summed E-state index contributed by atoms with van der Waals surface area (Å²) in [5.41, 5.74) is 1.21. The van der Waals surface area contributed by atoms with Gasteiger partial charge in [0.05, 0.1) is 6.61 Å². The molecule has 0 atom stereocenters. The summed E-state index contributed by atoms with van der Waals surface area (Å²) in [5, 5.41) is 0. The largest absolute Gasteiger partial charge is 0.491 e. The lowest BCUT2D eigenvalue weighted by Gasteiger charge is -2.07. The van der Waals surface area contributed by atoms with E-state index in [-0.39, 0.29) is 0 Å². The fourth-order valence-corrected chi connectivity index (χ4v) is 1.33. The molecule has 0 radical (unpaired) electrons. The summed E-state index contributed by atoms with van der Waals surface area (Å²) >= 11 is 0. The average molecular weight is 224 g/mol. The minimum absolute atomic E-state index is 0.594. The Morgan fingerprint density at radius 2 is 1.94 bits per heavy atom. The molecular weight excluding hydrogens is 204 g/mol. The molecule has 0 N–H and O–H groups in total. The third-order valence-electron chi connectivity index (χ3n) is 2.12. The molecule has 0 heterocycles. The number of rotatable bonds is 8. The van der Waals surface area contributed by atoms with Crippen molar-refractivity contribution in [1.29, 1.82) is 0 Å². The maximum absolute atomic E-state index is 5.54. The van der Waals surface area contributed by atoms with Gasteiger partial charge in [0.2, 0.25) is 0 Å². The molecule has 0 saturated carbocycles. The van der Waals surface area contributed by atoms with Crippen LogP contribution in [0.3, 0.4) is 0 Å². The van der Waals surface area contributed by atoms with Gasteiger partial charge in [-0.15, -0.1) is 0 Å². The molecule has 16 heavy (non-hydrogen) atoms. The van der Waals surface area contributed by atoms with Gasteiger partial charge in [-0.2, -0.15) is 0 Å². The molecule has 1 rings (SSSR count). The lowest BCUT2D eigenvalue weighted by atomic mass is 10.2. The van der Waals surface area contributed by atoms with Crippen LogP contribution < -0.4 is 4.74 Å². The number of aryl methyl sites for hydroxylation is 1. The Kier molecular flexibility index (Phi) is 6.61. The quantitative estimate of drug-likeness (QED) is 0.635. The van der Waals surface area contributed by atoms with Crippen molar-refractivity contribution in [1.82, 2.24) is 0 Å². The van der Waals surface area contributed by atoms with Crippen molar-refractivity contribution in [2.75, 3.05) is 33.5 Å². The Bertz CT molecular complexity index is 286. The van der Waals surface area contributed by atoms with Gasteiger partial charge in [0.15, 0.2) is 0 Å². The number of benzene rings is 1. The summed E-state index contributed by atoms with van der Waals surface area (Å²) in [6, 6.07) is 8.01. The molecule has 0 spiro atoms. The van der Waals surface area contributed by atoms with Crippen LogP contribution in [0.2, 0.25) is 0 Å². The van der Waals surface area contributed by atoms with E-state index >= 15 is 0 Å². The summed E-state index contributed by atoms with van der Waals surface area (Å²) in [6.07, 6.45) is 0.931. The first-order valence-corrected chi connectivity index (χ1v) is 5.59. The third kappa shape index (κ3) is 5.73. The van der Waals surface area contributed by atoms with Crippen molar-refractivity contribution in [2.24, 2.45) is 0 Å². The highest BCUT2D eigenvalue weighted by atomic mass is 16.5. The van der Waals surface area contributed by atoms with Crippen LogP contribution in [-0.4, -0.2) is 33.5 Å². The van der Waals surface area contributed by atoms with E-state index in [1.807, 2.05) is 31.2 Å². The zero-order valence-electron chi connectivity index (χ0n) is 10.1. The predicted octanol–water partition coefficient (Wildman–Crippen LogP) is 2.43. The van der Waals surface area contributed by atoms with Crippen molar-refractivity contribution in [3.63, 3.8) is 0 Å². The molecule has 0 amide bonds. The molecule has 0 aliphatic rings. The van der Waals surface area contributed by atoms with Gasteiger partial charge in [-0.05, 0) is 31.0 Å². The van der Waals surface area contributed by atoms with Crippen molar-refractivity contribution >= 4 is 0 Å². The van der Waals surface area contributed by atoms with Crippen LogP contribution in [0, 0.1) is 6.92 Å². The van der Waals surface area contributed by atoms with Crippen LogP contribution >= 0.6 is 0 Å². The highest BCUT2D eigenvalue weighted by Crippen LogP contribution is 2.11. The molecular formula is C13H20O3. The molecule has 0 aliphatic heterocycles. The van der Waals surface area contributed by atoms with Crippen molar-refractivity contribution in [3.05, 3.63) is 29.8 Å². The summed E-state index contributed by atoms with van der Waals surface area (Å²) in [6.45, 7) is 4.74. The molecule has 3 heteroatoms. The number of hydrogen-bond donors (Lipinski definition) is 0. The van der Waals surface area contributed by atoms with Crippen LogP contribution in [0.4, 0.5) is 0 Å². The molecule has 90 valence electrons. The van der Waals surface area contributed by atoms with Crippen molar-refractivity contribution in [3.8, 4) is 5.75 Å². The smallest absolute Gasteiger partial charge is 0.119 e. The minimum atomic E-state index is 0.594. The molecule has 1 aromatic carbocycles. The summed E-state index contributed by atoms with van der Waals surface area (Å²) in [7, 11) is 1.70. The highest BCUT2D eigenvalue weighted by molar-refractivity contribution is 5.27. The zero-order valence-corrected chi connectivity index (χ0v) is 10.1. The van der Waals surface area contributed by atoms with Crippen LogP contribution in [-0.2, 0) is 9.47 Å². The Hall–Kier alpha value is -1.06. The van der Waals surface area contributed by atoms with E-state index in [2.05, 4.69) is 0 Å². The molecule has 0 fully saturated rings. The zero-order chi connectivity index (χ0) is 11.6. The molecule has 0 bridgehead atoms. The van der Waals surface area contributed by atoms with E-state index in [1.54, 1.807) is 7.11 Å². The standard InChI is InChI=1S/C13H20O3/c1-12-5-3-6-13(11-12)16-10-9-15-8-4-7-14-2/h3,5-6,11H,4,7-10H2,1-2H3. The fourth-order valence-electron chi connectivity index (χ4n) is 1.33. The predicted molar refractivity (Wildman–Crippen MR) is 64.0 cm³/mol. The SMILES string of the molecule is COCCCOCCOc1cccc(C)c1. The highest BCUT2D eigenvalue weighted by Gasteiger charge is 1.94. The van der Waals surface area contributed by atoms with Crippen molar-refractivity contribution < 1.29 is 14.2 Å². The summed E-state index contributed by atoms with van der Waals surface area (Å²) in [4.78, 5) is 0. The number of methoxy groups -OCH3 is 1. The van der Waals surface area contributed by atoms with E-state index in [4.69, 9.17) is 14.2 Å². The average Bonchev–Trinajstić information content (AvgIpc) is 2.28. The van der Waals surface area contributed by atoms with E-state index in [0.29, 0.717) is 13.2 Å². The minimum Gasteiger partial charge on any atom is -0.491 e. The number of hydrogen-bond acceptors (Lipinski definition) is 3. The Labute approximate surface area is 97.3 Å². The molecule has 3 nitrogen and oxygen atoms in total. The van der Waals surface area contributed by atoms with Gasteiger partial charge in [-0.25, -0.2) is 0 Å². The van der Waals surface area contributed by atoms with Gasteiger partial charge in [-0.3, -0.25) is 0 Å². The van der Waals surface area contributed by atoms with Crippen LogP contribution in [0.5, 0.6) is 5.75 Å². The van der Waals surface area contributed by atoms with E-state index < -0.39 is 0 Å². The van der Waals surface area contributed by atoms with Gasteiger partial charge >= 0.3 is 0 Å². The summed E-state index contributed by atoms with van der Waals surface area (Å²) in [5.74, 6) is 0.903. The molecule has 1 aromatic rings. The fraction of sp³-hybridized carbons (Fsp3) is 0.538. The second kappa shape index (κ2) is 8.13. The van der Waals surface area contributed by atoms with E-state index in [9.17, 15) is 0 Å². The van der Waals surface area contributed by atoms with Crippen LogP contribution in [0.25, 0.3) is 0 Å². The van der Waals surface area contributed by atoms with Gasteiger partial charge in [0.1, 0.15) is 12.4 Å². The third-order valence-corrected chi connectivity index (χ3v) is 2.12. The van der Waals surface area contributed by atoms with Gasteiger partial charge in [0.25, 0.3) is 0 Å². The first-order chi connectivity index (χ1) is 7.83.